The maximum Gasteiger partial charge on any atom is 0.244 e. The number of nitrogens with zero attached hydrogens (tertiary/aromatic N) is 1. The smallest absolute Gasteiger partial charge is 0.244 e. The summed E-state index contributed by atoms with van der Waals surface area (Å²) in [4.78, 5) is 4.14. The molecule has 0 saturated heterocycles. The zero-order chi connectivity index (χ0) is 15.0. The van der Waals surface area contributed by atoms with E-state index in [1.807, 2.05) is 20.1 Å². The maximum atomic E-state index is 12.4. The Morgan fingerprint density at radius 2 is 2.20 bits per heavy atom. The Morgan fingerprint density at radius 3 is 2.85 bits per heavy atom. The second kappa shape index (κ2) is 8.49. The van der Waals surface area contributed by atoms with Crippen LogP contribution in [0.25, 0.3) is 0 Å². The van der Waals surface area contributed by atoms with E-state index in [0.29, 0.717) is 5.69 Å². The van der Waals surface area contributed by atoms with Gasteiger partial charge in [-0.2, -0.15) is 11.8 Å². The molecule has 0 fully saturated rings. The Bertz CT molecular complexity index is 506. The predicted octanol–water partition coefficient (Wildman–Crippen LogP) is 2.32. The molecule has 2 N–H and O–H groups in total. The quantitative estimate of drug-likeness (QED) is 0.731. The normalized spacial score (nSPS) is 13.2. The molecule has 0 saturated carbocycles. The zero-order valence-corrected chi connectivity index (χ0v) is 13.9. The Hall–Kier alpha value is -0.790. The minimum atomic E-state index is -3.54. The van der Waals surface area contributed by atoms with Crippen molar-refractivity contribution < 1.29 is 8.42 Å². The van der Waals surface area contributed by atoms with Crippen LogP contribution in [0.3, 0.4) is 0 Å². The van der Waals surface area contributed by atoms with E-state index >= 15 is 0 Å². The van der Waals surface area contributed by atoms with Gasteiger partial charge >= 0.3 is 0 Å². The fraction of sp³-hybridized carbons (Fsp3) is 0.615. The predicted molar refractivity (Wildman–Crippen MR) is 85.8 cm³/mol. The lowest BCUT2D eigenvalue weighted by atomic mass is 10.3. The van der Waals surface area contributed by atoms with E-state index in [9.17, 15) is 8.42 Å². The van der Waals surface area contributed by atoms with Crippen LogP contribution in [0.15, 0.2) is 23.4 Å². The third-order valence-corrected chi connectivity index (χ3v) is 5.01. The van der Waals surface area contributed by atoms with Crippen LogP contribution in [-0.2, 0) is 10.0 Å². The lowest BCUT2D eigenvalue weighted by Gasteiger charge is -2.16. The van der Waals surface area contributed by atoms with E-state index in [1.54, 1.807) is 24.0 Å². The molecule has 1 heterocycles. The lowest BCUT2D eigenvalue weighted by molar-refractivity contribution is 0.557. The topological polar surface area (TPSA) is 71.1 Å². The first-order valence-electron chi connectivity index (χ1n) is 6.70. The van der Waals surface area contributed by atoms with Crippen LogP contribution in [0.5, 0.6) is 0 Å². The summed E-state index contributed by atoms with van der Waals surface area (Å²) in [5.74, 6) is 0.928. The maximum absolute atomic E-state index is 12.4. The van der Waals surface area contributed by atoms with Crippen molar-refractivity contribution in [1.29, 1.82) is 0 Å². The molecule has 0 aliphatic carbocycles. The van der Waals surface area contributed by atoms with Crippen LogP contribution in [0.1, 0.15) is 26.7 Å². The van der Waals surface area contributed by atoms with Crippen molar-refractivity contribution >= 4 is 27.5 Å². The molecule has 1 rings (SSSR count). The first-order chi connectivity index (χ1) is 9.51. The molecule has 0 aliphatic heterocycles. The van der Waals surface area contributed by atoms with Gasteiger partial charge in [0.2, 0.25) is 10.0 Å². The highest BCUT2D eigenvalue weighted by atomic mass is 32.2. The molecule has 20 heavy (non-hydrogen) atoms. The molecule has 7 heteroatoms. The van der Waals surface area contributed by atoms with Crippen molar-refractivity contribution in [1.82, 2.24) is 9.71 Å². The summed E-state index contributed by atoms with van der Waals surface area (Å²) >= 11 is 1.71. The van der Waals surface area contributed by atoms with E-state index in [1.165, 1.54) is 6.20 Å². The number of nitrogens with one attached hydrogen (secondary N) is 2. The highest BCUT2D eigenvalue weighted by molar-refractivity contribution is 7.98. The molecular formula is C13H23N3O2S2. The number of hydrogen-bond donors (Lipinski definition) is 2. The summed E-state index contributed by atoms with van der Waals surface area (Å²) in [7, 11) is -3.54. The van der Waals surface area contributed by atoms with Crippen LogP contribution in [0, 0.1) is 0 Å². The summed E-state index contributed by atoms with van der Waals surface area (Å²) in [5, 5.41) is 3.12. The molecule has 0 spiro atoms. The summed E-state index contributed by atoms with van der Waals surface area (Å²) in [6, 6.07) is 1.60. The minimum absolute atomic E-state index is 0.0910. The third kappa shape index (κ3) is 5.30. The van der Waals surface area contributed by atoms with Gasteiger partial charge < -0.3 is 5.32 Å². The second-order valence-corrected chi connectivity index (χ2v) is 7.27. The first-order valence-corrected chi connectivity index (χ1v) is 9.58. The summed E-state index contributed by atoms with van der Waals surface area (Å²) < 4.78 is 27.5. The SMILES string of the molecule is CCCNc1ccncc1S(=O)(=O)NC(C)CCSC. The molecule has 114 valence electrons. The molecule has 0 amide bonds. The van der Waals surface area contributed by atoms with Crippen LogP contribution < -0.4 is 10.0 Å². The van der Waals surface area contributed by atoms with Crippen molar-refractivity contribution in [2.45, 2.75) is 37.6 Å². The van der Waals surface area contributed by atoms with Crippen LogP contribution in [0.4, 0.5) is 5.69 Å². The Morgan fingerprint density at radius 1 is 1.45 bits per heavy atom. The van der Waals surface area contributed by atoms with Gasteiger partial charge in [-0.25, -0.2) is 13.1 Å². The highest BCUT2D eigenvalue weighted by Gasteiger charge is 2.20. The number of rotatable bonds is 9. The van der Waals surface area contributed by atoms with Gasteiger partial charge in [0, 0.05) is 25.0 Å². The third-order valence-electron chi connectivity index (χ3n) is 2.75. The van der Waals surface area contributed by atoms with Gasteiger partial charge in [0.15, 0.2) is 0 Å². The molecule has 1 aromatic rings. The van der Waals surface area contributed by atoms with E-state index in [-0.39, 0.29) is 10.9 Å². The van der Waals surface area contributed by atoms with Gasteiger partial charge in [-0.3, -0.25) is 4.98 Å². The molecule has 0 aliphatic rings. The molecule has 5 nitrogen and oxygen atoms in total. The standard InChI is InChI=1S/C13H23N3O2S2/c1-4-7-15-12-5-8-14-10-13(12)20(17,18)16-11(2)6-9-19-3/h5,8,10-11,16H,4,6-7,9H2,1-3H3,(H,14,15). The first kappa shape index (κ1) is 17.3. The van der Waals surface area contributed by atoms with Crippen LogP contribution in [0.2, 0.25) is 0 Å². The monoisotopic (exact) mass is 317 g/mol. The summed E-state index contributed by atoms with van der Waals surface area (Å²) in [6.45, 7) is 4.64. The Kier molecular flexibility index (Phi) is 7.32. The van der Waals surface area contributed by atoms with Gasteiger partial charge in [-0.05, 0) is 37.8 Å². The number of aromatic nitrogens is 1. The molecule has 0 radical (unpaired) electrons. The number of pyridine rings is 1. The van der Waals surface area contributed by atoms with Crippen LogP contribution >= 0.6 is 11.8 Å². The summed E-state index contributed by atoms with van der Waals surface area (Å²) in [5.41, 5.74) is 0.603. The molecular weight excluding hydrogens is 294 g/mol. The fourth-order valence-corrected chi connectivity index (χ4v) is 3.67. The minimum Gasteiger partial charge on any atom is -0.384 e. The fourth-order valence-electron chi connectivity index (χ4n) is 1.68. The summed E-state index contributed by atoms with van der Waals surface area (Å²) in [6.07, 6.45) is 6.72. The number of thioether (sulfide) groups is 1. The molecule has 0 bridgehead atoms. The molecule has 1 atom stereocenters. The van der Waals surface area contributed by atoms with Crippen molar-refractivity contribution in [2.24, 2.45) is 0 Å². The second-order valence-electron chi connectivity index (χ2n) is 4.60. The lowest BCUT2D eigenvalue weighted by Crippen LogP contribution is -2.33. The van der Waals surface area contributed by atoms with Gasteiger partial charge in [0.05, 0.1) is 5.69 Å². The van der Waals surface area contributed by atoms with Crippen molar-refractivity contribution in [3.05, 3.63) is 18.5 Å². The Labute approximate surface area is 126 Å². The van der Waals surface area contributed by atoms with E-state index < -0.39 is 10.0 Å². The molecule has 1 unspecified atom stereocenters. The van der Waals surface area contributed by atoms with Crippen molar-refractivity contribution in [2.75, 3.05) is 23.9 Å². The number of anilines is 1. The highest BCUT2D eigenvalue weighted by Crippen LogP contribution is 2.20. The average molecular weight is 317 g/mol. The number of sulfonamides is 1. The Balaban J connectivity index is 2.86. The van der Waals surface area contributed by atoms with Gasteiger partial charge in [0.1, 0.15) is 4.90 Å². The van der Waals surface area contributed by atoms with Crippen molar-refractivity contribution in [3.8, 4) is 0 Å². The van der Waals surface area contributed by atoms with E-state index in [0.717, 1.165) is 25.1 Å². The van der Waals surface area contributed by atoms with Gasteiger partial charge in [0.25, 0.3) is 0 Å². The van der Waals surface area contributed by atoms with E-state index in [2.05, 4.69) is 15.0 Å². The van der Waals surface area contributed by atoms with Crippen molar-refractivity contribution in [3.63, 3.8) is 0 Å². The average Bonchev–Trinajstić information content (AvgIpc) is 2.42. The molecule has 0 aromatic carbocycles. The van der Waals surface area contributed by atoms with Gasteiger partial charge in [-0.15, -0.1) is 0 Å². The van der Waals surface area contributed by atoms with Crippen LogP contribution in [-0.4, -0.2) is 38.0 Å². The number of hydrogen-bond acceptors (Lipinski definition) is 5. The van der Waals surface area contributed by atoms with Gasteiger partial charge in [-0.1, -0.05) is 6.92 Å². The van der Waals surface area contributed by atoms with E-state index in [4.69, 9.17) is 0 Å². The largest absolute Gasteiger partial charge is 0.384 e. The zero-order valence-electron chi connectivity index (χ0n) is 12.2. The molecule has 1 aromatic heterocycles.